The van der Waals surface area contributed by atoms with Gasteiger partial charge in [0.2, 0.25) is 0 Å². The van der Waals surface area contributed by atoms with Crippen molar-refractivity contribution in [2.45, 2.75) is 39.3 Å². The molecule has 1 aliphatic rings. The van der Waals surface area contributed by atoms with Crippen LogP contribution in [0.25, 0.3) is 0 Å². The molecule has 0 amide bonds. The van der Waals surface area contributed by atoms with Crippen LogP contribution in [0, 0.1) is 6.92 Å². The van der Waals surface area contributed by atoms with E-state index in [-0.39, 0.29) is 0 Å². The molecule has 0 bridgehead atoms. The standard InChI is InChI=1S/C10H16N2O/c1-8-4-3-5-12(8)7-10-6-11-13-9(10)2/h6,8H,3-5,7H2,1-2H3. The number of aromatic nitrogens is 1. The van der Waals surface area contributed by atoms with E-state index in [0.29, 0.717) is 6.04 Å². The fraction of sp³-hybridized carbons (Fsp3) is 0.700. The first-order valence-electron chi connectivity index (χ1n) is 4.91. The van der Waals surface area contributed by atoms with E-state index in [4.69, 9.17) is 4.52 Å². The van der Waals surface area contributed by atoms with Crippen LogP contribution in [0.15, 0.2) is 10.7 Å². The van der Waals surface area contributed by atoms with Gasteiger partial charge < -0.3 is 4.52 Å². The van der Waals surface area contributed by atoms with E-state index in [0.717, 1.165) is 12.3 Å². The second-order valence-electron chi connectivity index (χ2n) is 3.87. The summed E-state index contributed by atoms with van der Waals surface area (Å²) < 4.78 is 5.03. The summed E-state index contributed by atoms with van der Waals surface area (Å²) in [5, 5.41) is 3.79. The third-order valence-corrected chi connectivity index (χ3v) is 2.91. The van der Waals surface area contributed by atoms with Gasteiger partial charge in [0.25, 0.3) is 0 Å². The lowest BCUT2D eigenvalue weighted by molar-refractivity contribution is 0.258. The van der Waals surface area contributed by atoms with Crippen LogP contribution in [-0.4, -0.2) is 22.6 Å². The molecule has 0 radical (unpaired) electrons. The van der Waals surface area contributed by atoms with Gasteiger partial charge in [-0.1, -0.05) is 5.16 Å². The Bertz CT molecular complexity index is 282. The van der Waals surface area contributed by atoms with E-state index < -0.39 is 0 Å². The molecule has 0 spiro atoms. The van der Waals surface area contributed by atoms with Crippen LogP contribution < -0.4 is 0 Å². The normalized spacial score (nSPS) is 24.0. The highest BCUT2D eigenvalue weighted by molar-refractivity contribution is 5.11. The molecule has 0 saturated carbocycles. The summed E-state index contributed by atoms with van der Waals surface area (Å²) in [7, 11) is 0. The van der Waals surface area contributed by atoms with E-state index in [2.05, 4.69) is 17.0 Å². The third kappa shape index (κ3) is 1.75. The van der Waals surface area contributed by atoms with Gasteiger partial charge in [-0.25, -0.2) is 0 Å². The Morgan fingerprint density at radius 3 is 3.08 bits per heavy atom. The highest BCUT2D eigenvalue weighted by atomic mass is 16.5. The topological polar surface area (TPSA) is 29.3 Å². The van der Waals surface area contributed by atoms with E-state index in [9.17, 15) is 0 Å². The minimum absolute atomic E-state index is 0.717. The van der Waals surface area contributed by atoms with Gasteiger partial charge in [-0.15, -0.1) is 0 Å². The lowest BCUT2D eigenvalue weighted by Crippen LogP contribution is -2.26. The van der Waals surface area contributed by atoms with Crippen LogP contribution in [0.1, 0.15) is 31.1 Å². The molecule has 1 unspecified atom stereocenters. The number of aryl methyl sites for hydroxylation is 1. The Morgan fingerprint density at radius 1 is 1.69 bits per heavy atom. The van der Waals surface area contributed by atoms with Crippen molar-refractivity contribution >= 4 is 0 Å². The molecular formula is C10H16N2O. The Hall–Kier alpha value is -0.830. The van der Waals surface area contributed by atoms with Crippen LogP contribution in [0.3, 0.4) is 0 Å². The molecule has 0 aliphatic carbocycles. The first-order chi connectivity index (χ1) is 6.27. The maximum Gasteiger partial charge on any atom is 0.138 e. The largest absolute Gasteiger partial charge is 0.361 e. The average Bonchev–Trinajstić information content (AvgIpc) is 2.65. The monoisotopic (exact) mass is 180 g/mol. The molecule has 1 fully saturated rings. The molecule has 3 nitrogen and oxygen atoms in total. The van der Waals surface area contributed by atoms with Crippen molar-refractivity contribution in [2.24, 2.45) is 0 Å². The van der Waals surface area contributed by atoms with Crippen LogP contribution in [-0.2, 0) is 6.54 Å². The zero-order valence-electron chi connectivity index (χ0n) is 8.29. The minimum atomic E-state index is 0.717. The van der Waals surface area contributed by atoms with Crippen LogP contribution in [0.4, 0.5) is 0 Å². The lowest BCUT2D eigenvalue weighted by atomic mass is 10.2. The number of hydrogen-bond donors (Lipinski definition) is 0. The SMILES string of the molecule is Cc1oncc1CN1CCCC1C. The van der Waals surface area contributed by atoms with Crippen molar-refractivity contribution in [3.63, 3.8) is 0 Å². The Morgan fingerprint density at radius 2 is 2.54 bits per heavy atom. The smallest absolute Gasteiger partial charge is 0.138 e. The highest BCUT2D eigenvalue weighted by Gasteiger charge is 2.21. The van der Waals surface area contributed by atoms with Crippen molar-refractivity contribution in [1.29, 1.82) is 0 Å². The molecule has 72 valence electrons. The van der Waals surface area contributed by atoms with E-state index >= 15 is 0 Å². The van der Waals surface area contributed by atoms with E-state index in [1.54, 1.807) is 0 Å². The summed E-state index contributed by atoms with van der Waals surface area (Å²) in [5.74, 6) is 0.958. The molecule has 1 aliphatic heterocycles. The second-order valence-corrected chi connectivity index (χ2v) is 3.87. The van der Waals surface area contributed by atoms with Gasteiger partial charge in [-0.3, -0.25) is 4.90 Å². The second kappa shape index (κ2) is 3.50. The van der Waals surface area contributed by atoms with Crippen molar-refractivity contribution in [3.05, 3.63) is 17.5 Å². The maximum absolute atomic E-state index is 5.03. The fourth-order valence-electron chi connectivity index (χ4n) is 1.92. The maximum atomic E-state index is 5.03. The lowest BCUT2D eigenvalue weighted by Gasteiger charge is -2.19. The zero-order valence-corrected chi connectivity index (χ0v) is 8.29. The molecule has 1 saturated heterocycles. The van der Waals surface area contributed by atoms with Crippen molar-refractivity contribution in [2.75, 3.05) is 6.54 Å². The summed E-state index contributed by atoms with van der Waals surface area (Å²) in [6.07, 6.45) is 4.48. The molecule has 2 rings (SSSR count). The predicted octanol–water partition coefficient (Wildman–Crippen LogP) is 1.97. The van der Waals surface area contributed by atoms with Gasteiger partial charge in [0.05, 0.1) is 6.20 Å². The molecular weight excluding hydrogens is 164 g/mol. The van der Waals surface area contributed by atoms with Crippen LogP contribution in [0.5, 0.6) is 0 Å². The summed E-state index contributed by atoms with van der Waals surface area (Å²) in [5.41, 5.74) is 1.23. The molecule has 3 heteroatoms. The molecule has 1 aromatic heterocycles. The molecule has 13 heavy (non-hydrogen) atoms. The van der Waals surface area contributed by atoms with Crippen LogP contribution >= 0.6 is 0 Å². The quantitative estimate of drug-likeness (QED) is 0.696. The Kier molecular flexibility index (Phi) is 2.36. The van der Waals surface area contributed by atoms with Gasteiger partial charge in [-0.2, -0.15) is 0 Å². The molecule has 2 heterocycles. The summed E-state index contributed by atoms with van der Waals surface area (Å²) in [6, 6.07) is 0.717. The summed E-state index contributed by atoms with van der Waals surface area (Å²) in [6.45, 7) is 6.47. The van der Waals surface area contributed by atoms with Gasteiger partial charge >= 0.3 is 0 Å². The van der Waals surface area contributed by atoms with Crippen molar-refractivity contribution in [1.82, 2.24) is 10.1 Å². The minimum Gasteiger partial charge on any atom is -0.361 e. The van der Waals surface area contributed by atoms with Crippen LogP contribution in [0.2, 0.25) is 0 Å². The van der Waals surface area contributed by atoms with Gasteiger partial charge in [0.1, 0.15) is 5.76 Å². The first-order valence-corrected chi connectivity index (χ1v) is 4.91. The number of nitrogens with zero attached hydrogens (tertiary/aromatic N) is 2. The summed E-state index contributed by atoms with van der Waals surface area (Å²) in [4.78, 5) is 2.49. The Labute approximate surface area is 78.7 Å². The summed E-state index contributed by atoms with van der Waals surface area (Å²) >= 11 is 0. The number of rotatable bonds is 2. The zero-order chi connectivity index (χ0) is 9.26. The number of hydrogen-bond acceptors (Lipinski definition) is 3. The third-order valence-electron chi connectivity index (χ3n) is 2.91. The van der Waals surface area contributed by atoms with Gasteiger partial charge in [-0.05, 0) is 33.2 Å². The molecule has 1 aromatic rings. The van der Waals surface area contributed by atoms with Crippen molar-refractivity contribution in [3.8, 4) is 0 Å². The highest BCUT2D eigenvalue weighted by Crippen LogP contribution is 2.20. The first kappa shape index (κ1) is 8.75. The number of likely N-dealkylation sites (tertiary alicyclic amines) is 1. The Balaban J connectivity index is 2.01. The molecule has 0 N–H and O–H groups in total. The van der Waals surface area contributed by atoms with E-state index in [1.807, 2.05) is 13.1 Å². The van der Waals surface area contributed by atoms with Crippen molar-refractivity contribution < 1.29 is 4.52 Å². The molecule has 0 aromatic carbocycles. The van der Waals surface area contributed by atoms with Gasteiger partial charge in [0.15, 0.2) is 0 Å². The van der Waals surface area contributed by atoms with Gasteiger partial charge in [0, 0.05) is 18.2 Å². The van der Waals surface area contributed by atoms with E-state index in [1.165, 1.54) is 24.9 Å². The molecule has 1 atom stereocenters. The fourth-order valence-corrected chi connectivity index (χ4v) is 1.92. The predicted molar refractivity (Wildman–Crippen MR) is 50.3 cm³/mol. The average molecular weight is 180 g/mol.